The zero-order valence-corrected chi connectivity index (χ0v) is 13.6. The minimum absolute atomic E-state index is 0.364. The summed E-state index contributed by atoms with van der Waals surface area (Å²) in [5.74, 6) is 0. The highest BCUT2D eigenvalue weighted by atomic mass is 15.3. The second-order valence-electron chi connectivity index (χ2n) is 7.62. The third-order valence-corrected chi connectivity index (χ3v) is 5.14. The van der Waals surface area contributed by atoms with Crippen molar-refractivity contribution in [3.63, 3.8) is 0 Å². The largest absolute Gasteiger partial charge is 0.311 e. The van der Waals surface area contributed by atoms with Gasteiger partial charge in [0.15, 0.2) is 0 Å². The lowest BCUT2D eigenvalue weighted by Gasteiger charge is -2.49. The molecule has 112 valence electrons. The molecule has 0 aromatic heterocycles. The van der Waals surface area contributed by atoms with E-state index in [4.69, 9.17) is 0 Å². The number of rotatable bonds is 2. The van der Waals surface area contributed by atoms with Gasteiger partial charge in [-0.05, 0) is 44.8 Å². The van der Waals surface area contributed by atoms with Crippen molar-refractivity contribution in [2.75, 3.05) is 33.2 Å². The van der Waals surface area contributed by atoms with Gasteiger partial charge in [-0.3, -0.25) is 4.90 Å². The molecule has 3 heteroatoms. The number of nitrogens with zero attached hydrogens (tertiary/aromatic N) is 2. The third-order valence-electron chi connectivity index (χ3n) is 5.14. The fourth-order valence-electron chi connectivity index (χ4n) is 3.55. The van der Waals surface area contributed by atoms with E-state index >= 15 is 0 Å². The molecule has 0 amide bonds. The van der Waals surface area contributed by atoms with Crippen LogP contribution in [0.15, 0.2) is 0 Å². The minimum atomic E-state index is 0.364. The van der Waals surface area contributed by atoms with Crippen molar-refractivity contribution in [1.29, 1.82) is 0 Å². The molecule has 2 aliphatic heterocycles. The van der Waals surface area contributed by atoms with Gasteiger partial charge in [0.2, 0.25) is 0 Å². The quantitative estimate of drug-likeness (QED) is 0.827. The molecule has 0 aromatic rings. The highest BCUT2D eigenvalue weighted by Crippen LogP contribution is 2.28. The Morgan fingerprint density at radius 2 is 1.79 bits per heavy atom. The summed E-state index contributed by atoms with van der Waals surface area (Å²) in [5.41, 5.74) is 0.364. The van der Waals surface area contributed by atoms with Crippen LogP contribution in [0, 0.1) is 5.41 Å². The normalized spacial score (nSPS) is 32.7. The van der Waals surface area contributed by atoms with E-state index in [9.17, 15) is 0 Å². The molecule has 3 nitrogen and oxygen atoms in total. The van der Waals surface area contributed by atoms with Crippen LogP contribution in [-0.4, -0.2) is 61.2 Å². The van der Waals surface area contributed by atoms with Crippen LogP contribution < -0.4 is 5.32 Å². The lowest BCUT2D eigenvalue weighted by Crippen LogP contribution is -2.63. The van der Waals surface area contributed by atoms with E-state index < -0.39 is 0 Å². The second-order valence-corrected chi connectivity index (χ2v) is 7.62. The van der Waals surface area contributed by atoms with Crippen molar-refractivity contribution < 1.29 is 0 Å². The number of piperazine rings is 1. The van der Waals surface area contributed by atoms with E-state index in [2.05, 4.69) is 49.9 Å². The molecule has 0 aromatic carbocycles. The third kappa shape index (κ3) is 3.71. The first-order chi connectivity index (χ1) is 8.91. The van der Waals surface area contributed by atoms with Crippen LogP contribution in [0.25, 0.3) is 0 Å². The molecule has 0 spiro atoms. The molecule has 2 unspecified atom stereocenters. The van der Waals surface area contributed by atoms with Crippen LogP contribution in [-0.2, 0) is 0 Å². The highest BCUT2D eigenvalue weighted by molar-refractivity contribution is 4.95. The van der Waals surface area contributed by atoms with E-state index in [1.54, 1.807) is 0 Å². The van der Waals surface area contributed by atoms with Gasteiger partial charge in [0.05, 0.1) is 0 Å². The number of nitrogens with one attached hydrogen (secondary N) is 1. The number of hydrogen-bond acceptors (Lipinski definition) is 3. The first-order valence-corrected chi connectivity index (χ1v) is 8.09. The van der Waals surface area contributed by atoms with Crippen LogP contribution in [0.3, 0.4) is 0 Å². The average Bonchev–Trinajstić information content (AvgIpc) is 2.38. The highest BCUT2D eigenvalue weighted by Gasteiger charge is 2.37. The summed E-state index contributed by atoms with van der Waals surface area (Å²) in [5, 5.41) is 3.79. The molecule has 0 saturated carbocycles. The van der Waals surface area contributed by atoms with Crippen molar-refractivity contribution in [1.82, 2.24) is 15.1 Å². The van der Waals surface area contributed by atoms with E-state index in [1.165, 1.54) is 45.4 Å². The first kappa shape index (κ1) is 15.3. The molecular formula is C16H33N3. The lowest BCUT2D eigenvalue weighted by atomic mass is 9.83. The van der Waals surface area contributed by atoms with Crippen LogP contribution in [0.5, 0.6) is 0 Å². The first-order valence-electron chi connectivity index (χ1n) is 8.09. The van der Waals surface area contributed by atoms with Crippen LogP contribution >= 0.6 is 0 Å². The van der Waals surface area contributed by atoms with Gasteiger partial charge in [0.25, 0.3) is 0 Å². The molecule has 2 saturated heterocycles. The van der Waals surface area contributed by atoms with Gasteiger partial charge >= 0.3 is 0 Å². The van der Waals surface area contributed by atoms with Gasteiger partial charge in [-0.15, -0.1) is 0 Å². The zero-order valence-electron chi connectivity index (χ0n) is 13.6. The second kappa shape index (κ2) is 6.11. The molecule has 0 bridgehead atoms. The van der Waals surface area contributed by atoms with Crippen LogP contribution in [0.4, 0.5) is 0 Å². The number of hydrogen-bond donors (Lipinski definition) is 1. The monoisotopic (exact) mass is 267 g/mol. The van der Waals surface area contributed by atoms with Crippen molar-refractivity contribution >= 4 is 0 Å². The molecule has 19 heavy (non-hydrogen) atoms. The van der Waals surface area contributed by atoms with E-state index in [0.717, 1.165) is 12.1 Å². The summed E-state index contributed by atoms with van der Waals surface area (Å²) >= 11 is 0. The van der Waals surface area contributed by atoms with Gasteiger partial charge in [0, 0.05) is 31.2 Å². The Hall–Kier alpha value is -0.120. The van der Waals surface area contributed by atoms with Crippen molar-refractivity contribution in [3.8, 4) is 0 Å². The number of piperidine rings is 1. The standard InChI is InChI=1S/C16H33N3/c1-6-13-11-17-15(16(2,3)4)12-19(13)14-7-9-18(5)10-8-14/h13-15,17H,6-12H2,1-5H3. The Labute approximate surface area is 119 Å². The summed E-state index contributed by atoms with van der Waals surface area (Å²) < 4.78 is 0. The molecule has 1 N–H and O–H groups in total. The Bertz CT molecular complexity index is 276. The molecule has 0 radical (unpaired) electrons. The summed E-state index contributed by atoms with van der Waals surface area (Å²) in [6, 6.07) is 2.19. The SMILES string of the molecule is CCC1CNC(C(C)(C)C)CN1C1CCN(C)CC1. The molecule has 2 atom stereocenters. The van der Waals surface area contributed by atoms with Gasteiger partial charge in [-0.2, -0.15) is 0 Å². The Morgan fingerprint density at radius 1 is 1.16 bits per heavy atom. The zero-order chi connectivity index (χ0) is 14.0. The summed E-state index contributed by atoms with van der Waals surface area (Å²) in [4.78, 5) is 5.31. The Morgan fingerprint density at radius 3 is 2.32 bits per heavy atom. The Kier molecular flexibility index (Phi) is 4.91. The van der Waals surface area contributed by atoms with Crippen molar-refractivity contribution in [2.45, 2.75) is 65.1 Å². The fraction of sp³-hybridized carbons (Fsp3) is 1.00. The maximum absolute atomic E-state index is 3.79. The van der Waals surface area contributed by atoms with Gasteiger partial charge in [0.1, 0.15) is 0 Å². The fourth-order valence-corrected chi connectivity index (χ4v) is 3.55. The maximum atomic E-state index is 3.79. The topological polar surface area (TPSA) is 18.5 Å². The molecule has 0 aliphatic carbocycles. The van der Waals surface area contributed by atoms with E-state index in [-0.39, 0.29) is 0 Å². The van der Waals surface area contributed by atoms with E-state index in [1.807, 2.05) is 0 Å². The number of likely N-dealkylation sites (tertiary alicyclic amines) is 1. The maximum Gasteiger partial charge on any atom is 0.0244 e. The van der Waals surface area contributed by atoms with Crippen molar-refractivity contribution in [3.05, 3.63) is 0 Å². The molecule has 2 heterocycles. The average molecular weight is 267 g/mol. The van der Waals surface area contributed by atoms with Crippen LogP contribution in [0.2, 0.25) is 0 Å². The summed E-state index contributed by atoms with van der Waals surface area (Å²) in [6.45, 7) is 14.4. The van der Waals surface area contributed by atoms with Gasteiger partial charge in [-0.25, -0.2) is 0 Å². The van der Waals surface area contributed by atoms with Crippen molar-refractivity contribution in [2.24, 2.45) is 5.41 Å². The smallest absolute Gasteiger partial charge is 0.0244 e. The summed E-state index contributed by atoms with van der Waals surface area (Å²) in [6.07, 6.45) is 3.98. The Balaban J connectivity index is 2.01. The predicted octanol–water partition coefficient (Wildman–Crippen LogP) is 2.18. The molecule has 2 aliphatic rings. The predicted molar refractivity (Wildman–Crippen MR) is 82.5 cm³/mol. The van der Waals surface area contributed by atoms with Gasteiger partial charge < -0.3 is 10.2 Å². The van der Waals surface area contributed by atoms with Gasteiger partial charge in [-0.1, -0.05) is 27.7 Å². The molecule has 2 rings (SSSR count). The minimum Gasteiger partial charge on any atom is -0.311 e. The molecule has 2 fully saturated rings. The van der Waals surface area contributed by atoms with E-state index in [0.29, 0.717) is 11.5 Å². The van der Waals surface area contributed by atoms with Crippen LogP contribution in [0.1, 0.15) is 47.0 Å². The molecular weight excluding hydrogens is 234 g/mol. The lowest BCUT2D eigenvalue weighted by molar-refractivity contribution is 0.0236. The summed E-state index contributed by atoms with van der Waals surface area (Å²) in [7, 11) is 2.25.